The van der Waals surface area contributed by atoms with Crippen molar-refractivity contribution < 1.29 is 14.4 Å². The average molecular weight is 359 g/mol. The Morgan fingerprint density at radius 3 is 2.73 bits per heavy atom. The molecule has 0 aromatic carbocycles. The summed E-state index contributed by atoms with van der Waals surface area (Å²) >= 11 is 0. The maximum absolute atomic E-state index is 13.1. The van der Waals surface area contributed by atoms with Crippen LogP contribution >= 0.6 is 0 Å². The SMILES string of the molecule is CC(=O)N[C@H]1C[C@H]2CN(C(=O)c3ccncn3)[C@@H](CC(C)C)C(=O)N2C1. The van der Waals surface area contributed by atoms with Crippen LogP contribution in [0, 0.1) is 5.92 Å². The van der Waals surface area contributed by atoms with E-state index in [1.807, 2.05) is 18.7 Å². The van der Waals surface area contributed by atoms with Gasteiger partial charge < -0.3 is 15.1 Å². The molecule has 3 amide bonds. The summed E-state index contributed by atoms with van der Waals surface area (Å²) in [6.45, 7) is 6.52. The molecule has 140 valence electrons. The quantitative estimate of drug-likeness (QED) is 0.842. The van der Waals surface area contributed by atoms with Gasteiger partial charge in [-0.1, -0.05) is 13.8 Å². The van der Waals surface area contributed by atoms with Crippen molar-refractivity contribution in [2.24, 2.45) is 5.92 Å². The lowest BCUT2D eigenvalue weighted by Crippen LogP contribution is -2.61. The first-order valence-electron chi connectivity index (χ1n) is 9.01. The largest absolute Gasteiger partial charge is 0.352 e. The molecule has 26 heavy (non-hydrogen) atoms. The molecule has 0 spiro atoms. The van der Waals surface area contributed by atoms with Crippen molar-refractivity contribution in [3.63, 3.8) is 0 Å². The molecular weight excluding hydrogens is 334 g/mol. The van der Waals surface area contributed by atoms with Gasteiger partial charge >= 0.3 is 0 Å². The predicted molar refractivity (Wildman–Crippen MR) is 94.0 cm³/mol. The Balaban J connectivity index is 1.84. The van der Waals surface area contributed by atoms with Gasteiger partial charge in [0.15, 0.2) is 0 Å². The van der Waals surface area contributed by atoms with E-state index in [9.17, 15) is 14.4 Å². The van der Waals surface area contributed by atoms with E-state index in [0.29, 0.717) is 31.6 Å². The minimum absolute atomic E-state index is 0.0368. The molecule has 0 saturated carbocycles. The fourth-order valence-corrected chi connectivity index (χ4v) is 3.89. The topological polar surface area (TPSA) is 95.5 Å². The zero-order chi connectivity index (χ0) is 18.8. The van der Waals surface area contributed by atoms with Gasteiger partial charge in [0.25, 0.3) is 5.91 Å². The van der Waals surface area contributed by atoms with Crippen molar-refractivity contribution in [1.82, 2.24) is 25.1 Å². The smallest absolute Gasteiger partial charge is 0.273 e. The Bertz CT molecular complexity index is 693. The number of aromatic nitrogens is 2. The van der Waals surface area contributed by atoms with Crippen molar-refractivity contribution in [2.45, 2.75) is 51.7 Å². The van der Waals surface area contributed by atoms with Crippen LogP contribution < -0.4 is 5.32 Å². The molecule has 2 aliphatic heterocycles. The van der Waals surface area contributed by atoms with Crippen molar-refractivity contribution in [2.75, 3.05) is 13.1 Å². The van der Waals surface area contributed by atoms with Gasteiger partial charge in [0, 0.05) is 32.3 Å². The third-order valence-corrected chi connectivity index (χ3v) is 4.93. The molecule has 3 atom stereocenters. The van der Waals surface area contributed by atoms with Crippen molar-refractivity contribution >= 4 is 17.7 Å². The molecule has 1 aromatic rings. The van der Waals surface area contributed by atoms with Crippen LogP contribution in [0.15, 0.2) is 18.6 Å². The molecule has 2 aliphatic rings. The zero-order valence-electron chi connectivity index (χ0n) is 15.4. The molecule has 8 heteroatoms. The second kappa shape index (κ2) is 7.39. The molecule has 3 rings (SSSR count). The molecule has 0 bridgehead atoms. The summed E-state index contributed by atoms with van der Waals surface area (Å²) in [5.74, 6) is -0.107. The first-order valence-corrected chi connectivity index (χ1v) is 9.01. The van der Waals surface area contributed by atoms with Crippen molar-refractivity contribution in [3.8, 4) is 0 Å². The van der Waals surface area contributed by atoms with E-state index in [1.54, 1.807) is 11.0 Å². The molecule has 8 nitrogen and oxygen atoms in total. The minimum atomic E-state index is -0.496. The Morgan fingerprint density at radius 2 is 2.12 bits per heavy atom. The second-order valence-electron chi connectivity index (χ2n) is 7.48. The summed E-state index contributed by atoms with van der Waals surface area (Å²) in [7, 11) is 0. The van der Waals surface area contributed by atoms with Crippen LogP contribution in [0.3, 0.4) is 0 Å². The number of nitrogens with zero attached hydrogens (tertiary/aromatic N) is 4. The van der Waals surface area contributed by atoms with Crippen LogP contribution in [0.1, 0.15) is 44.1 Å². The Kier molecular flexibility index (Phi) is 5.20. The lowest BCUT2D eigenvalue weighted by molar-refractivity contribution is -0.142. The Hall–Kier alpha value is -2.51. The highest BCUT2D eigenvalue weighted by molar-refractivity contribution is 5.97. The second-order valence-corrected chi connectivity index (χ2v) is 7.48. The van der Waals surface area contributed by atoms with Gasteiger partial charge in [-0.05, 0) is 24.8 Å². The molecule has 2 saturated heterocycles. The highest BCUT2D eigenvalue weighted by atomic mass is 16.2. The third-order valence-electron chi connectivity index (χ3n) is 4.93. The number of amides is 3. The van der Waals surface area contributed by atoms with E-state index in [-0.39, 0.29) is 35.7 Å². The fraction of sp³-hybridized carbons (Fsp3) is 0.611. The van der Waals surface area contributed by atoms with Gasteiger partial charge in [0.1, 0.15) is 18.1 Å². The summed E-state index contributed by atoms with van der Waals surface area (Å²) in [5, 5.41) is 2.89. The summed E-state index contributed by atoms with van der Waals surface area (Å²) in [6, 6.07) is 0.939. The Labute approximate surface area is 153 Å². The number of rotatable bonds is 4. The van der Waals surface area contributed by atoms with Gasteiger partial charge in [-0.25, -0.2) is 9.97 Å². The molecule has 0 aliphatic carbocycles. The molecule has 0 radical (unpaired) electrons. The van der Waals surface area contributed by atoms with E-state index in [0.717, 1.165) is 0 Å². The first kappa shape index (κ1) is 18.3. The van der Waals surface area contributed by atoms with E-state index in [4.69, 9.17) is 0 Å². The molecular formula is C18H25N5O3. The highest BCUT2D eigenvalue weighted by Gasteiger charge is 2.47. The number of nitrogens with one attached hydrogen (secondary N) is 1. The number of carbonyl (C=O) groups is 3. The number of piperazine rings is 1. The van der Waals surface area contributed by atoms with Crippen LogP contribution in [0.25, 0.3) is 0 Å². The lowest BCUT2D eigenvalue weighted by atomic mass is 9.96. The number of hydrogen-bond acceptors (Lipinski definition) is 5. The molecule has 2 fully saturated rings. The van der Waals surface area contributed by atoms with Crippen LogP contribution in [0.4, 0.5) is 0 Å². The number of carbonyl (C=O) groups excluding carboxylic acids is 3. The summed E-state index contributed by atoms with van der Waals surface area (Å²) in [4.78, 5) is 48.8. The van der Waals surface area contributed by atoms with Gasteiger partial charge in [0.2, 0.25) is 11.8 Å². The average Bonchev–Trinajstić information content (AvgIpc) is 2.99. The number of fused-ring (bicyclic) bond motifs is 1. The fourth-order valence-electron chi connectivity index (χ4n) is 3.89. The monoisotopic (exact) mass is 359 g/mol. The van der Waals surface area contributed by atoms with Gasteiger partial charge in [-0.3, -0.25) is 14.4 Å². The summed E-state index contributed by atoms with van der Waals surface area (Å²) in [5.41, 5.74) is 0.298. The van der Waals surface area contributed by atoms with Crippen molar-refractivity contribution in [3.05, 3.63) is 24.3 Å². The normalized spacial score (nSPS) is 25.4. The first-order chi connectivity index (χ1) is 12.4. The number of hydrogen-bond donors (Lipinski definition) is 1. The van der Waals surface area contributed by atoms with E-state index in [2.05, 4.69) is 15.3 Å². The maximum atomic E-state index is 13.1. The van der Waals surface area contributed by atoms with Crippen LogP contribution in [0.5, 0.6) is 0 Å². The van der Waals surface area contributed by atoms with E-state index in [1.165, 1.54) is 19.4 Å². The molecule has 3 heterocycles. The van der Waals surface area contributed by atoms with Gasteiger partial charge in [-0.2, -0.15) is 0 Å². The summed E-state index contributed by atoms with van der Waals surface area (Å²) < 4.78 is 0. The van der Waals surface area contributed by atoms with Gasteiger partial charge in [0.05, 0.1) is 6.04 Å². The van der Waals surface area contributed by atoms with Crippen LogP contribution in [-0.2, 0) is 9.59 Å². The minimum Gasteiger partial charge on any atom is -0.352 e. The molecule has 1 N–H and O–H groups in total. The van der Waals surface area contributed by atoms with Gasteiger partial charge in [-0.15, -0.1) is 0 Å². The third kappa shape index (κ3) is 3.68. The van der Waals surface area contributed by atoms with Crippen LogP contribution in [-0.4, -0.2) is 68.7 Å². The van der Waals surface area contributed by atoms with Crippen LogP contribution in [0.2, 0.25) is 0 Å². The summed E-state index contributed by atoms with van der Waals surface area (Å²) in [6.07, 6.45) is 4.13. The maximum Gasteiger partial charge on any atom is 0.273 e. The zero-order valence-corrected chi connectivity index (χ0v) is 15.4. The van der Waals surface area contributed by atoms with Crippen molar-refractivity contribution in [1.29, 1.82) is 0 Å². The molecule has 0 unspecified atom stereocenters. The van der Waals surface area contributed by atoms with E-state index < -0.39 is 6.04 Å². The highest BCUT2D eigenvalue weighted by Crippen LogP contribution is 2.29. The Morgan fingerprint density at radius 1 is 1.35 bits per heavy atom. The predicted octanol–water partition coefficient (Wildman–Crippen LogP) is 0.453. The standard InChI is InChI=1S/C18H25N5O3/c1-11(2)6-16-18(26)22-8-13(21-12(3)24)7-14(22)9-23(16)17(25)15-4-5-19-10-20-15/h4-5,10-11,13-14,16H,6-9H2,1-3H3,(H,21,24)/t13-,14-,16-/m0/s1. The lowest BCUT2D eigenvalue weighted by Gasteiger charge is -2.43. The van der Waals surface area contributed by atoms with E-state index >= 15 is 0 Å². The molecule has 1 aromatic heterocycles.